The van der Waals surface area contributed by atoms with Gasteiger partial charge >= 0.3 is 0 Å². The van der Waals surface area contributed by atoms with Crippen LogP contribution in [0.1, 0.15) is 25.1 Å². The lowest BCUT2D eigenvalue weighted by atomic mass is 10.1. The van der Waals surface area contributed by atoms with Gasteiger partial charge in [0.05, 0.1) is 29.3 Å². The fraction of sp³-hybridized carbons (Fsp3) is 0.238. The molecule has 0 aliphatic heterocycles. The van der Waals surface area contributed by atoms with Crippen LogP contribution in [0.4, 0.5) is 0 Å². The lowest BCUT2D eigenvalue weighted by Gasteiger charge is -2.06. The smallest absolute Gasteiger partial charge is 0.258 e. The van der Waals surface area contributed by atoms with Crippen LogP contribution in [-0.4, -0.2) is 28.5 Å². The summed E-state index contributed by atoms with van der Waals surface area (Å²) in [5.41, 5.74) is 7.77. The minimum absolute atomic E-state index is 0.272. The Morgan fingerprint density at radius 2 is 1.97 bits per heavy atom. The van der Waals surface area contributed by atoms with Gasteiger partial charge in [-0.05, 0) is 42.8 Å². The van der Waals surface area contributed by atoms with Crippen molar-refractivity contribution in [3.63, 3.8) is 0 Å². The number of ether oxygens (including phenoxy) is 1. The zero-order valence-corrected chi connectivity index (χ0v) is 17.6. The summed E-state index contributed by atoms with van der Waals surface area (Å²) >= 11 is 12.7. The van der Waals surface area contributed by atoms with Crippen molar-refractivity contribution >= 4 is 34.2 Å². The molecule has 30 heavy (non-hydrogen) atoms. The first-order valence-electron chi connectivity index (χ1n) is 9.37. The number of nitrogens with zero attached hydrogens (tertiary/aromatic N) is 2. The van der Waals surface area contributed by atoms with E-state index in [9.17, 15) is 5.11 Å². The SMILES string of the molecule is CCCOc1ccc(-c2nc(-c3ccc4oc(C(N)CO)c(Cl)c4c3)no2)cc1Cl. The molecule has 0 amide bonds. The number of aliphatic hydroxyl groups is 1. The van der Waals surface area contributed by atoms with E-state index in [4.69, 9.17) is 42.6 Å². The third-order valence-corrected chi connectivity index (χ3v) is 5.20. The van der Waals surface area contributed by atoms with Gasteiger partial charge in [-0.2, -0.15) is 4.98 Å². The summed E-state index contributed by atoms with van der Waals surface area (Å²) in [4.78, 5) is 4.46. The molecule has 156 valence electrons. The van der Waals surface area contributed by atoms with Gasteiger partial charge in [-0.25, -0.2) is 0 Å². The molecule has 0 saturated carbocycles. The van der Waals surface area contributed by atoms with Gasteiger partial charge in [0, 0.05) is 16.5 Å². The van der Waals surface area contributed by atoms with Crippen molar-refractivity contribution in [2.45, 2.75) is 19.4 Å². The number of furan rings is 1. The summed E-state index contributed by atoms with van der Waals surface area (Å²) < 4.78 is 16.7. The Bertz CT molecular complexity index is 1190. The van der Waals surface area contributed by atoms with E-state index >= 15 is 0 Å². The molecular formula is C21H19Cl2N3O4. The molecule has 7 nitrogen and oxygen atoms in total. The summed E-state index contributed by atoms with van der Waals surface area (Å²) in [6.07, 6.45) is 0.892. The predicted molar refractivity (Wildman–Crippen MR) is 115 cm³/mol. The second kappa shape index (κ2) is 8.65. The molecule has 4 aromatic rings. The normalized spacial score (nSPS) is 12.4. The van der Waals surface area contributed by atoms with Crippen molar-refractivity contribution in [1.82, 2.24) is 10.1 Å². The minimum atomic E-state index is -0.695. The number of nitrogens with two attached hydrogens (primary N) is 1. The molecule has 9 heteroatoms. The summed E-state index contributed by atoms with van der Waals surface area (Å²) in [6.45, 7) is 2.34. The highest BCUT2D eigenvalue weighted by Crippen LogP contribution is 2.36. The molecule has 1 atom stereocenters. The average Bonchev–Trinajstić information content (AvgIpc) is 3.37. The van der Waals surface area contributed by atoms with Crippen LogP contribution in [0.25, 0.3) is 33.8 Å². The highest BCUT2D eigenvalue weighted by Gasteiger charge is 2.20. The third kappa shape index (κ3) is 3.89. The molecule has 2 aromatic heterocycles. The zero-order valence-electron chi connectivity index (χ0n) is 16.1. The Hall–Kier alpha value is -2.58. The molecule has 4 rings (SSSR count). The maximum atomic E-state index is 9.27. The monoisotopic (exact) mass is 447 g/mol. The Kier molecular flexibility index (Phi) is 5.97. The first-order valence-corrected chi connectivity index (χ1v) is 10.1. The van der Waals surface area contributed by atoms with E-state index in [1.54, 1.807) is 30.3 Å². The van der Waals surface area contributed by atoms with Crippen LogP contribution in [0.3, 0.4) is 0 Å². The molecule has 0 bridgehead atoms. The predicted octanol–water partition coefficient (Wildman–Crippen LogP) is 5.24. The molecule has 0 radical (unpaired) electrons. The van der Waals surface area contributed by atoms with Crippen molar-refractivity contribution in [3.05, 3.63) is 52.2 Å². The molecule has 2 aromatic carbocycles. The van der Waals surface area contributed by atoms with Crippen molar-refractivity contribution in [2.75, 3.05) is 13.2 Å². The Morgan fingerprint density at radius 3 is 2.70 bits per heavy atom. The fourth-order valence-electron chi connectivity index (χ4n) is 2.97. The van der Waals surface area contributed by atoms with E-state index in [1.165, 1.54) is 0 Å². The van der Waals surface area contributed by atoms with Gasteiger partial charge < -0.3 is 24.5 Å². The van der Waals surface area contributed by atoms with E-state index in [-0.39, 0.29) is 6.61 Å². The quantitative estimate of drug-likeness (QED) is 0.398. The van der Waals surface area contributed by atoms with E-state index in [0.717, 1.165) is 6.42 Å². The Morgan fingerprint density at radius 1 is 1.17 bits per heavy atom. The first-order chi connectivity index (χ1) is 14.5. The average molecular weight is 448 g/mol. The van der Waals surface area contributed by atoms with Crippen LogP contribution < -0.4 is 10.5 Å². The van der Waals surface area contributed by atoms with Gasteiger partial charge in [0.25, 0.3) is 5.89 Å². The Balaban J connectivity index is 1.64. The standard InChI is InChI=1S/C21H19Cl2N3O4/c1-2-7-28-17-6-4-12(9-14(17)22)21-25-20(26-30-21)11-3-5-16-13(8-11)18(23)19(29-16)15(24)10-27/h3-6,8-9,15,27H,2,7,10,24H2,1H3. The molecule has 0 saturated heterocycles. The molecule has 1 unspecified atom stereocenters. The van der Waals surface area contributed by atoms with Gasteiger partial charge in [-0.15, -0.1) is 0 Å². The third-order valence-electron chi connectivity index (χ3n) is 4.51. The van der Waals surface area contributed by atoms with E-state index in [0.29, 0.717) is 62.0 Å². The molecule has 0 spiro atoms. The van der Waals surface area contributed by atoms with Crippen LogP contribution in [0.15, 0.2) is 45.3 Å². The summed E-state index contributed by atoms with van der Waals surface area (Å²) in [6, 6.07) is 9.95. The lowest BCUT2D eigenvalue weighted by molar-refractivity contribution is 0.254. The lowest BCUT2D eigenvalue weighted by Crippen LogP contribution is -2.13. The second-order valence-corrected chi connectivity index (χ2v) is 7.48. The number of hydrogen-bond acceptors (Lipinski definition) is 7. The minimum Gasteiger partial charge on any atom is -0.492 e. The van der Waals surface area contributed by atoms with Gasteiger partial charge in [-0.3, -0.25) is 0 Å². The fourth-order valence-corrected chi connectivity index (χ4v) is 3.53. The highest BCUT2D eigenvalue weighted by molar-refractivity contribution is 6.36. The first kappa shape index (κ1) is 20.7. The van der Waals surface area contributed by atoms with Gasteiger partial charge in [0.15, 0.2) is 0 Å². The number of fused-ring (bicyclic) bond motifs is 1. The molecule has 0 fully saturated rings. The molecule has 3 N–H and O–H groups in total. The maximum Gasteiger partial charge on any atom is 0.258 e. The van der Waals surface area contributed by atoms with E-state index in [2.05, 4.69) is 10.1 Å². The van der Waals surface area contributed by atoms with Crippen LogP contribution >= 0.6 is 23.2 Å². The second-order valence-electron chi connectivity index (χ2n) is 6.70. The molecule has 2 heterocycles. The van der Waals surface area contributed by atoms with Crippen molar-refractivity contribution in [2.24, 2.45) is 5.73 Å². The molecular weight excluding hydrogens is 429 g/mol. The van der Waals surface area contributed by atoms with Crippen molar-refractivity contribution in [1.29, 1.82) is 0 Å². The van der Waals surface area contributed by atoms with Crippen LogP contribution in [0.2, 0.25) is 10.0 Å². The molecule has 0 aliphatic rings. The van der Waals surface area contributed by atoms with Gasteiger partial charge in [0.1, 0.15) is 17.1 Å². The summed E-state index contributed by atoms with van der Waals surface area (Å²) in [7, 11) is 0. The number of rotatable bonds is 7. The van der Waals surface area contributed by atoms with Crippen LogP contribution in [0, 0.1) is 0 Å². The van der Waals surface area contributed by atoms with Crippen molar-refractivity contribution < 1.29 is 18.8 Å². The number of aliphatic hydroxyl groups excluding tert-OH is 1. The largest absolute Gasteiger partial charge is 0.492 e. The van der Waals surface area contributed by atoms with Crippen molar-refractivity contribution in [3.8, 4) is 28.6 Å². The van der Waals surface area contributed by atoms with Gasteiger partial charge in [0.2, 0.25) is 5.82 Å². The summed E-state index contributed by atoms with van der Waals surface area (Å²) in [5.74, 6) is 1.66. The topological polar surface area (TPSA) is 108 Å². The van der Waals surface area contributed by atoms with E-state index < -0.39 is 6.04 Å². The molecule has 0 aliphatic carbocycles. The zero-order chi connectivity index (χ0) is 21.3. The number of halogens is 2. The van der Waals surface area contributed by atoms with E-state index in [1.807, 2.05) is 13.0 Å². The maximum absolute atomic E-state index is 9.27. The number of hydrogen-bond donors (Lipinski definition) is 2. The number of benzene rings is 2. The van der Waals surface area contributed by atoms with Crippen LogP contribution in [-0.2, 0) is 0 Å². The number of aromatic nitrogens is 2. The van der Waals surface area contributed by atoms with Gasteiger partial charge in [-0.1, -0.05) is 35.3 Å². The highest BCUT2D eigenvalue weighted by atomic mass is 35.5. The summed E-state index contributed by atoms with van der Waals surface area (Å²) in [5, 5.41) is 14.8. The Labute approximate surface area is 182 Å². The van der Waals surface area contributed by atoms with Crippen LogP contribution in [0.5, 0.6) is 5.75 Å².